The molecule has 1 aromatic heterocycles. The number of nitrogens with one attached hydrogen (secondary N) is 1. The first-order valence-corrected chi connectivity index (χ1v) is 3.46. The molecule has 0 radical (unpaired) electrons. The third kappa shape index (κ3) is 1.78. The highest BCUT2D eigenvalue weighted by Crippen LogP contribution is 2.12. The summed E-state index contributed by atoms with van der Waals surface area (Å²) in [6, 6.07) is 0. The summed E-state index contributed by atoms with van der Waals surface area (Å²) < 4.78 is 4.93. The largest absolute Gasteiger partial charge is 0.361 e. The first-order chi connectivity index (χ1) is 5.25. The molecule has 0 atom stereocenters. The molecular weight excluding hydrogens is 144 g/mol. The fourth-order valence-electron chi connectivity index (χ4n) is 0.852. The number of aryl methyl sites for hydroxylation is 2. The third-order valence-corrected chi connectivity index (χ3v) is 1.54. The lowest BCUT2D eigenvalue weighted by Gasteiger charge is -1.98. The molecule has 0 aliphatic heterocycles. The zero-order valence-electron chi connectivity index (χ0n) is 6.97. The van der Waals surface area contributed by atoms with Gasteiger partial charge in [-0.25, -0.2) is 5.48 Å². The Kier molecular flexibility index (Phi) is 2.62. The van der Waals surface area contributed by atoms with Gasteiger partial charge in [-0.2, -0.15) is 0 Å². The quantitative estimate of drug-likeness (QED) is 0.662. The molecule has 4 nitrogen and oxygen atoms in total. The molecule has 11 heavy (non-hydrogen) atoms. The van der Waals surface area contributed by atoms with Crippen LogP contribution < -0.4 is 5.48 Å². The number of hydrogen-bond acceptors (Lipinski definition) is 4. The maximum Gasteiger partial charge on any atom is 0.139 e. The van der Waals surface area contributed by atoms with Crippen molar-refractivity contribution >= 4 is 0 Å². The maximum absolute atomic E-state index is 4.99. The second kappa shape index (κ2) is 3.50. The predicted octanol–water partition coefficient (Wildman–Crippen LogP) is 0.942. The molecule has 0 unspecified atom stereocenters. The van der Waals surface area contributed by atoms with Gasteiger partial charge in [-0.1, -0.05) is 5.16 Å². The zero-order chi connectivity index (χ0) is 8.27. The molecule has 1 heterocycles. The Morgan fingerprint density at radius 3 is 2.73 bits per heavy atom. The van der Waals surface area contributed by atoms with Crippen molar-refractivity contribution < 1.29 is 9.36 Å². The number of aromatic nitrogens is 1. The summed E-state index contributed by atoms with van der Waals surface area (Å²) in [6.45, 7) is 4.26. The van der Waals surface area contributed by atoms with Crippen LogP contribution in [-0.4, -0.2) is 12.2 Å². The lowest BCUT2D eigenvalue weighted by atomic mass is 10.2. The maximum atomic E-state index is 4.99. The van der Waals surface area contributed by atoms with Gasteiger partial charge in [0.25, 0.3) is 0 Å². The van der Waals surface area contributed by atoms with E-state index in [0.717, 1.165) is 17.0 Å². The minimum absolute atomic E-state index is 0.498. The molecule has 0 bridgehead atoms. The van der Waals surface area contributed by atoms with E-state index in [2.05, 4.69) is 10.6 Å². The van der Waals surface area contributed by atoms with E-state index < -0.39 is 0 Å². The van der Waals surface area contributed by atoms with Gasteiger partial charge < -0.3 is 4.52 Å². The van der Waals surface area contributed by atoms with Crippen molar-refractivity contribution in [2.45, 2.75) is 20.5 Å². The van der Waals surface area contributed by atoms with Crippen LogP contribution in [0.25, 0.3) is 0 Å². The molecule has 0 saturated carbocycles. The van der Waals surface area contributed by atoms with Crippen LogP contribution in [0.3, 0.4) is 0 Å². The van der Waals surface area contributed by atoms with E-state index in [-0.39, 0.29) is 0 Å². The van der Waals surface area contributed by atoms with Gasteiger partial charge in [0.05, 0.1) is 12.3 Å². The smallest absolute Gasteiger partial charge is 0.139 e. The van der Waals surface area contributed by atoms with Gasteiger partial charge in [0.2, 0.25) is 0 Å². The number of nitrogens with zero attached hydrogens (tertiary/aromatic N) is 1. The third-order valence-electron chi connectivity index (χ3n) is 1.54. The summed E-state index contributed by atoms with van der Waals surface area (Å²) in [5.41, 5.74) is 4.49. The van der Waals surface area contributed by atoms with Crippen LogP contribution in [0.4, 0.5) is 0 Å². The molecular formula is C7H12N2O2. The van der Waals surface area contributed by atoms with Crippen molar-refractivity contribution in [2.24, 2.45) is 0 Å². The molecule has 0 aliphatic rings. The minimum atomic E-state index is 0.498. The molecule has 0 aromatic carbocycles. The van der Waals surface area contributed by atoms with Crippen LogP contribution in [0, 0.1) is 13.8 Å². The fraction of sp³-hybridized carbons (Fsp3) is 0.571. The van der Waals surface area contributed by atoms with Crippen LogP contribution in [0.1, 0.15) is 17.0 Å². The number of hydroxylamine groups is 1. The molecule has 0 spiro atoms. The average molecular weight is 156 g/mol. The first-order valence-electron chi connectivity index (χ1n) is 3.46. The van der Waals surface area contributed by atoms with Crippen molar-refractivity contribution in [1.29, 1.82) is 0 Å². The van der Waals surface area contributed by atoms with Crippen LogP contribution in [0.2, 0.25) is 0 Å². The minimum Gasteiger partial charge on any atom is -0.361 e. The Balaban J connectivity index is 2.67. The van der Waals surface area contributed by atoms with Crippen molar-refractivity contribution in [3.8, 4) is 0 Å². The SMILES string of the molecule is CNOCc1c(C)noc1C. The Bertz CT molecular complexity index is 213. The molecule has 4 heteroatoms. The summed E-state index contributed by atoms with van der Waals surface area (Å²) in [5, 5.41) is 3.79. The Hall–Kier alpha value is -0.870. The van der Waals surface area contributed by atoms with E-state index in [1.54, 1.807) is 7.05 Å². The summed E-state index contributed by atoms with van der Waals surface area (Å²) in [7, 11) is 1.72. The van der Waals surface area contributed by atoms with Gasteiger partial charge in [-0.3, -0.25) is 4.84 Å². The van der Waals surface area contributed by atoms with Crippen LogP contribution in [0.15, 0.2) is 4.52 Å². The molecule has 0 amide bonds. The number of hydrogen-bond donors (Lipinski definition) is 1. The molecule has 0 aliphatic carbocycles. The van der Waals surface area contributed by atoms with Crippen LogP contribution in [0.5, 0.6) is 0 Å². The van der Waals surface area contributed by atoms with Gasteiger partial charge in [-0.15, -0.1) is 0 Å². The molecule has 1 aromatic rings. The van der Waals surface area contributed by atoms with Gasteiger partial charge in [-0.05, 0) is 13.8 Å². The zero-order valence-corrected chi connectivity index (χ0v) is 6.97. The molecule has 1 N–H and O–H groups in total. The molecule has 0 saturated heterocycles. The van der Waals surface area contributed by atoms with E-state index in [1.165, 1.54) is 0 Å². The highest BCUT2D eigenvalue weighted by molar-refractivity contribution is 5.19. The van der Waals surface area contributed by atoms with Crippen molar-refractivity contribution in [2.75, 3.05) is 7.05 Å². The lowest BCUT2D eigenvalue weighted by molar-refractivity contribution is 0.0435. The number of rotatable bonds is 3. The standard InChI is InChI=1S/C7H12N2O2/c1-5-7(4-10-8-3)6(2)11-9-5/h8H,4H2,1-3H3. The monoisotopic (exact) mass is 156 g/mol. The summed E-state index contributed by atoms with van der Waals surface area (Å²) >= 11 is 0. The van der Waals surface area contributed by atoms with E-state index in [4.69, 9.17) is 9.36 Å². The second-order valence-corrected chi connectivity index (χ2v) is 2.30. The van der Waals surface area contributed by atoms with E-state index in [9.17, 15) is 0 Å². The normalized spacial score (nSPS) is 10.5. The molecule has 0 fully saturated rings. The highest BCUT2D eigenvalue weighted by Gasteiger charge is 2.07. The van der Waals surface area contributed by atoms with Gasteiger partial charge >= 0.3 is 0 Å². The van der Waals surface area contributed by atoms with E-state index in [0.29, 0.717) is 6.61 Å². The van der Waals surface area contributed by atoms with Crippen molar-refractivity contribution in [3.63, 3.8) is 0 Å². The van der Waals surface area contributed by atoms with Crippen LogP contribution in [-0.2, 0) is 11.4 Å². The van der Waals surface area contributed by atoms with Gasteiger partial charge in [0.15, 0.2) is 0 Å². The molecule has 62 valence electrons. The average Bonchev–Trinajstić information content (AvgIpc) is 2.29. The van der Waals surface area contributed by atoms with Crippen molar-refractivity contribution in [1.82, 2.24) is 10.6 Å². The Labute approximate surface area is 65.5 Å². The molecule has 1 rings (SSSR count). The second-order valence-electron chi connectivity index (χ2n) is 2.30. The summed E-state index contributed by atoms with van der Waals surface area (Å²) in [4.78, 5) is 4.99. The Morgan fingerprint density at radius 2 is 2.27 bits per heavy atom. The van der Waals surface area contributed by atoms with Gasteiger partial charge in [0, 0.05) is 12.6 Å². The van der Waals surface area contributed by atoms with Gasteiger partial charge in [0.1, 0.15) is 5.76 Å². The Morgan fingerprint density at radius 1 is 1.55 bits per heavy atom. The van der Waals surface area contributed by atoms with E-state index >= 15 is 0 Å². The predicted molar refractivity (Wildman–Crippen MR) is 39.8 cm³/mol. The summed E-state index contributed by atoms with van der Waals surface area (Å²) in [6.07, 6.45) is 0. The fourth-order valence-corrected chi connectivity index (χ4v) is 0.852. The summed E-state index contributed by atoms with van der Waals surface area (Å²) in [5.74, 6) is 0.817. The van der Waals surface area contributed by atoms with Crippen molar-refractivity contribution in [3.05, 3.63) is 17.0 Å². The topological polar surface area (TPSA) is 47.3 Å². The van der Waals surface area contributed by atoms with Crippen LogP contribution >= 0.6 is 0 Å². The lowest BCUT2D eigenvalue weighted by Crippen LogP contribution is -2.07. The first kappa shape index (κ1) is 8.23. The van der Waals surface area contributed by atoms with E-state index in [1.807, 2.05) is 13.8 Å². The highest BCUT2D eigenvalue weighted by atomic mass is 16.6.